The number of benzene rings is 1. The summed E-state index contributed by atoms with van der Waals surface area (Å²) < 4.78 is 1.06. The number of nitrogens with one attached hydrogen (secondary N) is 2. The molecule has 0 fully saturated rings. The molecule has 5 nitrogen and oxygen atoms in total. The van der Waals surface area contributed by atoms with E-state index in [9.17, 15) is 4.79 Å². The highest BCUT2D eigenvalue weighted by Crippen LogP contribution is 2.14. The summed E-state index contributed by atoms with van der Waals surface area (Å²) in [5.41, 5.74) is 0.697. The van der Waals surface area contributed by atoms with E-state index in [1.54, 1.807) is 14.1 Å². The maximum Gasteiger partial charge on any atom is 0.227 e. The second-order valence-electron chi connectivity index (χ2n) is 5.85. The third kappa shape index (κ3) is 7.07. The highest BCUT2D eigenvalue weighted by molar-refractivity contribution is 14.0. The number of guanidine groups is 1. The van der Waals surface area contributed by atoms with E-state index in [2.05, 4.69) is 43.7 Å². The Morgan fingerprint density at radius 1 is 1.30 bits per heavy atom. The van der Waals surface area contributed by atoms with Crippen molar-refractivity contribution in [2.24, 2.45) is 10.4 Å². The topological polar surface area (TPSA) is 56.7 Å². The van der Waals surface area contributed by atoms with E-state index in [1.807, 2.05) is 37.9 Å². The quantitative estimate of drug-likeness (QED) is 0.374. The zero-order valence-corrected chi connectivity index (χ0v) is 18.2. The highest BCUT2D eigenvalue weighted by atomic mass is 127. The fourth-order valence-corrected chi connectivity index (χ4v) is 2.31. The summed E-state index contributed by atoms with van der Waals surface area (Å²) in [6, 6.07) is 8.19. The van der Waals surface area contributed by atoms with Crippen LogP contribution in [0, 0.1) is 5.41 Å². The number of halogens is 2. The fraction of sp³-hybridized carbons (Fsp3) is 0.500. The molecule has 130 valence electrons. The number of carbonyl (C=O) groups excluding carboxylic acids is 1. The summed E-state index contributed by atoms with van der Waals surface area (Å²) in [5.74, 6) is 0.769. The van der Waals surface area contributed by atoms with Gasteiger partial charge in [-0.3, -0.25) is 9.79 Å². The lowest BCUT2D eigenvalue weighted by molar-refractivity contribution is -0.128. The Morgan fingerprint density at radius 3 is 2.35 bits per heavy atom. The van der Waals surface area contributed by atoms with Crippen LogP contribution in [0.15, 0.2) is 33.7 Å². The van der Waals surface area contributed by atoms with Gasteiger partial charge in [-0.25, -0.2) is 0 Å². The molecule has 0 aliphatic rings. The first kappa shape index (κ1) is 22.2. The summed E-state index contributed by atoms with van der Waals surface area (Å²) in [5, 5.41) is 5.95. The molecule has 0 radical (unpaired) electrons. The molecule has 0 saturated heterocycles. The fourth-order valence-electron chi connectivity index (χ4n) is 2.04. The maximum atomic E-state index is 11.8. The zero-order valence-electron chi connectivity index (χ0n) is 14.3. The van der Waals surface area contributed by atoms with Gasteiger partial charge in [-0.1, -0.05) is 28.1 Å². The van der Waals surface area contributed by atoms with E-state index in [1.165, 1.54) is 5.56 Å². The third-order valence-corrected chi connectivity index (χ3v) is 3.97. The summed E-state index contributed by atoms with van der Waals surface area (Å²) >= 11 is 3.43. The van der Waals surface area contributed by atoms with Crippen LogP contribution in [-0.2, 0) is 11.3 Å². The van der Waals surface area contributed by atoms with Crippen molar-refractivity contribution in [2.45, 2.75) is 20.4 Å². The van der Waals surface area contributed by atoms with Crippen LogP contribution in [0.5, 0.6) is 0 Å². The van der Waals surface area contributed by atoms with Crippen LogP contribution in [-0.4, -0.2) is 44.5 Å². The van der Waals surface area contributed by atoms with Gasteiger partial charge >= 0.3 is 0 Å². The minimum Gasteiger partial charge on any atom is -0.359 e. The van der Waals surface area contributed by atoms with Crippen LogP contribution in [0.3, 0.4) is 0 Å². The van der Waals surface area contributed by atoms with Crippen LogP contribution < -0.4 is 10.6 Å². The van der Waals surface area contributed by atoms with Crippen molar-refractivity contribution in [3.63, 3.8) is 0 Å². The van der Waals surface area contributed by atoms with Crippen molar-refractivity contribution in [3.05, 3.63) is 34.3 Å². The molecule has 0 spiro atoms. The normalized spacial score (nSPS) is 11.5. The molecule has 0 aromatic heterocycles. The standard InChI is InChI=1S/C16H25BrN4O.HI/c1-16(2,14(22)18-3)11-20-15(19-4)21(5)10-12-6-8-13(17)9-7-12;/h6-9H,10-11H2,1-5H3,(H,18,22)(H,19,20);1H. The van der Waals surface area contributed by atoms with Crippen LogP contribution in [0.2, 0.25) is 0 Å². The molecular formula is C16H26BrIN4O. The average molecular weight is 497 g/mol. The van der Waals surface area contributed by atoms with Crippen LogP contribution >= 0.6 is 39.9 Å². The molecule has 0 bridgehead atoms. The molecule has 2 N–H and O–H groups in total. The minimum atomic E-state index is -0.497. The lowest BCUT2D eigenvalue weighted by Crippen LogP contribution is -2.47. The molecule has 0 saturated carbocycles. The molecule has 1 rings (SSSR count). The van der Waals surface area contributed by atoms with Gasteiger partial charge in [-0.15, -0.1) is 24.0 Å². The summed E-state index contributed by atoms with van der Waals surface area (Å²) in [6.07, 6.45) is 0. The van der Waals surface area contributed by atoms with Gasteiger partial charge in [0.2, 0.25) is 5.91 Å². The van der Waals surface area contributed by atoms with Crippen molar-refractivity contribution < 1.29 is 4.79 Å². The van der Waals surface area contributed by atoms with E-state index in [-0.39, 0.29) is 29.9 Å². The SMILES string of the molecule is CN=C(NCC(C)(C)C(=O)NC)N(C)Cc1ccc(Br)cc1.I. The van der Waals surface area contributed by atoms with Gasteiger partial charge in [0.15, 0.2) is 5.96 Å². The number of rotatable bonds is 5. The van der Waals surface area contributed by atoms with Crippen molar-refractivity contribution in [2.75, 3.05) is 27.7 Å². The van der Waals surface area contributed by atoms with Crippen molar-refractivity contribution in [1.29, 1.82) is 0 Å². The van der Waals surface area contributed by atoms with Gasteiger partial charge < -0.3 is 15.5 Å². The molecule has 0 heterocycles. The summed E-state index contributed by atoms with van der Waals surface area (Å²) in [7, 11) is 5.37. The van der Waals surface area contributed by atoms with Gasteiger partial charge in [0, 0.05) is 38.7 Å². The molecule has 0 atom stereocenters. The predicted octanol–water partition coefficient (Wildman–Crippen LogP) is 2.85. The zero-order chi connectivity index (χ0) is 16.8. The lowest BCUT2D eigenvalue weighted by Gasteiger charge is -2.27. The number of nitrogens with zero attached hydrogens (tertiary/aromatic N) is 2. The smallest absolute Gasteiger partial charge is 0.227 e. The van der Waals surface area contributed by atoms with Gasteiger partial charge in [-0.2, -0.15) is 0 Å². The second kappa shape index (κ2) is 10.1. The first-order valence-electron chi connectivity index (χ1n) is 7.18. The van der Waals surface area contributed by atoms with Crippen molar-refractivity contribution in [1.82, 2.24) is 15.5 Å². The monoisotopic (exact) mass is 496 g/mol. The highest BCUT2D eigenvalue weighted by Gasteiger charge is 2.27. The molecule has 1 aromatic rings. The number of hydrogen-bond donors (Lipinski definition) is 2. The van der Waals surface area contributed by atoms with Crippen molar-refractivity contribution >= 4 is 51.8 Å². The average Bonchev–Trinajstić information content (AvgIpc) is 2.49. The molecule has 0 unspecified atom stereocenters. The van der Waals surface area contributed by atoms with E-state index < -0.39 is 5.41 Å². The third-order valence-electron chi connectivity index (χ3n) is 3.44. The predicted molar refractivity (Wildman–Crippen MR) is 110 cm³/mol. The number of amides is 1. The van der Waals surface area contributed by atoms with E-state index >= 15 is 0 Å². The molecule has 1 aromatic carbocycles. The van der Waals surface area contributed by atoms with Crippen LogP contribution in [0.4, 0.5) is 0 Å². The van der Waals surface area contributed by atoms with Crippen LogP contribution in [0.25, 0.3) is 0 Å². The Bertz CT molecular complexity index is 531. The number of carbonyl (C=O) groups is 1. The Hall–Kier alpha value is -0.830. The molecule has 1 amide bonds. The summed E-state index contributed by atoms with van der Waals surface area (Å²) in [4.78, 5) is 18.1. The first-order valence-corrected chi connectivity index (χ1v) is 7.98. The van der Waals surface area contributed by atoms with Gasteiger partial charge in [0.25, 0.3) is 0 Å². The minimum absolute atomic E-state index is 0. The van der Waals surface area contributed by atoms with Gasteiger partial charge in [-0.05, 0) is 31.5 Å². The van der Waals surface area contributed by atoms with Crippen molar-refractivity contribution in [3.8, 4) is 0 Å². The summed E-state index contributed by atoms with van der Waals surface area (Å²) in [6.45, 7) is 5.07. The number of hydrogen-bond acceptors (Lipinski definition) is 2. The first-order chi connectivity index (χ1) is 10.3. The molecule has 23 heavy (non-hydrogen) atoms. The number of aliphatic imine (C=N–C) groups is 1. The van der Waals surface area contributed by atoms with E-state index in [0.29, 0.717) is 6.54 Å². The molecule has 0 aliphatic carbocycles. The van der Waals surface area contributed by atoms with Crippen LogP contribution in [0.1, 0.15) is 19.4 Å². The largest absolute Gasteiger partial charge is 0.359 e. The molecule has 7 heteroatoms. The second-order valence-corrected chi connectivity index (χ2v) is 6.76. The molecule has 0 aliphatic heterocycles. The Morgan fingerprint density at radius 2 is 1.87 bits per heavy atom. The van der Waals surface area contributed by atoms with E-state index in [0.717, 1.165) is 17.0 Å². The Balaban J connectivity index is 0.00000484. The van der Waals surface area contributed by atoms with Gasteiger partial charge in [0.1, 0.15) is 0 Å². The van der Waals surface area contributed by atoms with E-state index in [4.69, 9.17) is 0 Å². The Labute approximate surface area is 164 Å². The van der Waals surface area contributed by atoms with Gasteiger partial charge in [0.05, 0.1) is 5.41 Å². The lowest BCUT2D eigenvalue weighted by atomic mass is 9.92. The maximum absolute atomic E-state index is 11.8. The molecular weight excluding hydrogens is 471 g/mol. The Kier molecular flexibility index (Phi) is 9.76.